The Hall–Kier alpha value is -6.67. The third-order valence-corrected chi connectivity index (χ3v) is 14.3. The van der Waals surface area contributed by atoms with E-state index in [4.69, 9.17) is 19.4 Å². The van der Waals surface area contributed by atoms with E-state index in [-0.39, 0.29) is 0 Å². The summed E-state index contributed by atoms with van der Waals surface area (Å²) in [6.45, 7) is 8.55. The van der Waals surface area contributed by atoms with Gasteiger partial charge in [0.1, 0.15) is 0 Å². The molecule has 330 valence electrons. The molecule has 7 aromatic rings. The average molecular weight is 868 g/mol. The first-order valence-corrected chi connectivity index (χ1v) is 23.6. The standard InChI is InChI=1S/C59H57N5O2/c1-58(2,65-5)34-49-51-19-17-43(61-51)33-44-18-20-52(62-44)50(35-59(3,4)66-6)54-22-24-56(64-54)57(55-23-21-53(49)63-55)48-32-42-12-8-11-41(42)31-47(48)37-15-13-36(14-16-37)45-29-39-9-7-10-40(39)30-46(45)38-25-27-60-28-26-38/h13-33,61,64H,7-12,34-35H2,1-6H3. The van der Waals surface area contributed by atoms with E-state index >= 15 is 0 Å². The predicted molar refractivity (Wildman–Crippen MR) is 272 cm³/mol. The van der Waals surface area contributed by atoms with Gasteiger partial charge in [-0.15, -0.1) is 0 Å². The number of fused-ring (bicyclic) bond motifs is 10. The Morgan fingerprint density at radius 2 is 0.955 bits per heavy atom. The van der Waals surface area contributed by atoms with Gasteiger partial charge in [-0.05, 0) is 194 Å². The summed E-state index contributed by atoms with van der Waals surface area (Å²) in [5.41, 5.74) is 24.4. The zero-order valence-corrected chi connectivity index (χ0v) is 38.9. The van der Waals surface area contributed by atoms with Gasteiger partial charge in [0.2, 0.25) is 0 Å². The molecule has 0 unspecified atom stereocenters. The number of rotatable bonds is 10. The SMILES string of the molecule is COC(C)(C)Cc1c2nc(c(-c3cc4c(cc3-c3ccc(-c5cc6c(cc5-c5ccncc5)CCC6)cc3)CCC4)c3ccc([nH]3)c(CC(C)(C)OC)c3nc(cc4ccc1[nH]4)C=C3)C=C2. The Bertz CT molecular complexity index is 3260. The van der Waals surface area contributed by atoms with Crippen molar-refractivity contribution in [3.63, 3.8) is 0 Å². The summed E-state index contributed by atoms with van der Waals surface area (Å²) in [6.07, 6.45) is 20.5. The van der Waals surface area contributed by atoms with E-state index in [1.807, 2.05) is 12.4 Å². The summed E-state index contributed by atoms with van der Waals surface area (Å²) < 4.78 is 12.1. The molecular formula is C59H57N5O2. The molecule has 7 heteroatoms. The number of methoxy groups -OCH3 is 2. The van der Waals surface area contributed by atoms with Gasteiger partial charge in [-0.3, -0.25) is 4.98 Å². The molecule has 0 fully saturated rings. The summed E-state index contributed by atoms with van der Waals surface area (Å²) in [4.78, 5) is 22.8. The number of hydrogen-bond acceptors (Lipinski definition) is 5. The van der Waals surface area contributed by atoms with Crippen LogP contribution in [0.2, 0.25) is 0 Å². The molecular weight excluding hydrogens is 811 g/mol. The highest BCUT2D eigenvalue weighted by atomic mass is 16.5. The predicted octanol–water partition coefficient (Wildman–Crippen LogP) is 13.6. The third kappa shape index (κ3) is 7.94. The lowest BCUT2D eigenvalue weighted by Crippen LogP contribution is -2.26. The molecule has 0 amide bonds. The van der Waals surface area contributed by atoms with Crippen molar-refractivity contribution in [3.8, 4) is 44.5 Å². The number of nitrogens with one attached hydrogen (secondary N) is 2. The topological polar surface area (TPSA) is 88.7 Å². The number of benzene rings is 3. The fourth-order valence-corrected chi connectivity index (χ4v) is 10.4. The van der Waals surface area contributed by atoms with E-state index in [0.29, 0.717) is 12.8 Å². The number of pyridine rings is 1. The van der Waals surface area contributed by atoms with Crippen molar-refractivity contribution in [1.29, 1.82) is 0 Å². The van der Waals surface area contributed by atoms with Gasteiger partial charge in [-0.1, -0.05) is 48.5 Å². The van der Waals surface area contributed by atoms with Gasteiger partial charge in [0, 0.05) is 78.2 Å². The summed E-state index contributed by atoms with van der Waals surface area (Å²) in [5.74, 6) is 0. The Balaban J connectivity index is 1.16. The van der Waals surface area contributed by atoms with Gasteiger partial charge in [0.05, 0.1) is 34.0 Å². The van der Waals surface area contributed by atoms with E-state index < -0.39 is 11.2 Å². The number of aromatic amines is 2. The Kier molecular flexibility index (Phi) is 10.6. The van der Waals surface area contributed by atoms with Crippen LogP contribution in [-0.4, -0.2) is 50.3 Å². The second kappa shape index (κ2) is 16.6. The molecule has 2 aliphatic carbocycles. The third-order valence-electron chi connectivity index (χ3n) is 14.3. The fourth-order valence-electron chi connectivity index (χ4n) is 10.4. The fraction of sp³-hybridized carbons (Fsp3) is 0.271. The van der Waals surface area contributed by atoms with Crippen LogP contribution in [0.3, 0.4) is 0 Å². The zero-order chi connectivity index (χ0) is 45.2. The van der Waals surface area contributed by atoms with Crippen molar-refractivity contribution in [2.24, 2.45) is 0 Å². The summed E-state index contributed by atoms with van der Waals surface area (Å²) >= 11 is 0. The van der Waals surface area contributed by atoms with Crippen molar-refractivity contribution in [2.45, 2.75) is 90.3 Å². The normalized spacial score (nSPS) is 14.3. The molecule has 4 aliphatic rings. The van der Waals surface area contributed by atoms with Crippen LogP contribution in [0, 0.1) is 0 Å². The van der Waals surface area contributed by atoms with Crippen molar-refractivity contribution in [1.82, 2.24) is 24.9 Å². The Morgan fingerprint density at radius 3 is 1.55 bits per heavy atom. The second-order valence-corrected chi connectivity index (χ2v) is 19.7. The largest absolute Gasteiger partial charge is 0.378 e. The first-order chi connectivity index (χ1) is 32.0. The molecule has 2 aliphatic heterocycles. The van der Waals surface area contributed by atoms with Crippen LogP contribution in [0.25, 0.3) is 90.9 Å². The first kappa shape index (κ1) is 42.0. The van der Waals surface area contributed by atoms with Gasteiger partial charge in [0.25, 0.3) is 0 Å². The maximum Gasteiger partial charge on any atom is 0.0737 e. The lowest BCUT2D eigenvalue weighted by molar-refractivity contribution is 0.0230. The van der Waals surface area contributed by atoms with Gasteiger partial charge in [-0.2, -0.15) is 0 Å². The van der Waals surface area contributed by atoms with Crippen LogP contribution < -0.4 is 0 Å². The number of H-pyrrole nitrogens is 2. The van der Waals surface area contributed by atoms with E-state index in [1.165, 1.54) is 67.6 Å². The minimum absolute atomic E-state index is 0.423. The molecule has 2 N–H and O–H groups in total. The minimum atomic E-state index is -0.423. The monoisotopic (exact) mass is 867 g/mol. The molecule has 6 heterocycles. The summed E-state index contributed by atoms with van der Waals surface area (Å²) in [6, 6.07) is 34.2. The highest BCUT2D eigenvalue weighted by Gasteiger charge is 2.26. The van der Waals surface area contributed by atoms with Crippen LogP contribution in [0.5, 0.6) is 0 Å². The number of aryl methyl sites for hydroxylation is 4. The highest BCUT2D eigenvalue weighted by Crippen LogP contribution is 2.43. The van der Waals surface area contributed by atoms with Crippen LogP contribution in [0.1, 0.15) is 96.7 Å². The number of nitrogens with zero attached hydrogens (tertiary/aromatic N) is 3. The van der Waals surface area contributed by atoms with E-state index in [2.05, 4.69) is 158 Å². The number of ether oxygens (including phenoxy) is 2. The smallest absolute Gasteiger partial charge is 0.0737 e. The second-order valence-electron chi connectivity index (χ2n) is 19.7. The lowest BCUT2D eigenvalue weighted by Gasteiger charge is -2.23. The van der Waals surface area contributed by atoms with E-state index in [1.54, 1.807) is 14.2 Å². The molecule has 0 atom stereocenters. The molecule has 0 radical (unpaired) electrons. The maximum absolute atomic E-state index is 6.05. The quantitative estimate of drug-likeness (QED) is 0.143. The Morgan fingerprint density at radius 1 is 0.485 bits per heavy atom. The van der Waals surface area contributed by atoms with Crippen molar-refractivity contribution >= 4 is 46.4 Å². The molecule has 4 aromatic heterocycles. The summed E-state index contributed by atoms with van der Waals surface area (Å²) in [7, 11) is 3.57. The van der Waals surface area contributed by atoms with E-state index in [0.717, 1.165) is 93.6 Å². The minimum Gasteiger partial charge on any atom is -0.378 e. The van der Waals surface area contributed by atoms with Crippen molar-refractivity contribution in [3.05, 3.63) is 160 Å². The van der Waals surface area contributed by atoms with Crippen LogP contribution >= 0.6 is 0 Å². The lowest BCUT2D eigenvalue weighted by atomic mass is 9.88. The van der Waals surface area contributed by atoms with Crippen LogP contribution in [0.4, 0.5) is 0 Å². The first-order valence-electron chi connectivity index (χ1n) is 23.6. The maximum atomic E-state index is 6.05. The van der Waals surface area contributed by atoms with Crippen LogP contribution in [-0.2, 0) is 48.0 Å². The molecule has 0 spiro atoms. The zero-order valence-electron chi connectivity index (χ0n) is 38.9. The van der Waals surface area contributed by atoms with Gasteiger partial charge >= 0.3 is 0 Å². The molecule has 66 heavy (non-hydrogen) atoms. The van der Waals surface area contributed by atoms with E-state index in [9.17, 15) is 0 Å². The highest BCUT2D eigenvalue weighted by molar-refractivity contribution is 5.98. The molecule has 0 saturated carbocycles. The average Bonchev–Trinajstić information content (AvgIpc) is 4.20. The van der Waals surface area contributed by atoms with Crippen molar-refractivity contribution < 1.29 is 9.47 Å². The molecule has 7 nitrogen and oxygen atoms in total. The molecule has 3 aromatic carbocycles. The van der Waals surface area contributed by atoms with Gasteiger partial charge in [-0.25, -0.2) is 9.97 Å². The van der Waals surface area contributed by atoms with Crippen molar-refractivity contribution in [2.75, 3.05) is 14.2 Å². The van der Waals surface area contributed by atoms with Gasteiger partial charge < -0.3 is 19.4 Å². The number of aromatic nitrogens is 5. The molecule has 8 bridgehead atoms. The molecule has 11 rings (SSSR count). The summed E-state index contributed by atoms with van der Waals surface area (Å²) in [5, 5.41) is 0. The van der Waals surface area contributed by atoms with Crippen LogP contribution in [0.15, 0.2) is 103 Å². The van der Waals surface area contributed by atoms with Gasteiger partial charge in [0.15, 0.2) is 0 Å². The molecule has 0 saturated heterocycles. The number of hydrogen-bond donors (Lipinski definition) is 2. The Labute approximate surface area is 387 Å².